The van der Waals surface area contributed by atoms with Gasteiger partial charge in [0.25, 0.3) is 0 Å². The van der Waals surface area contributed by atoms with E-state index >= 15 is 0 Å². The molecule has 5 heteroatoms. The molecule has 174 valence electrons. The van der Waals surface area contributed by atoms with Gasteiger partial charge in [-0.05, 0) is 26.3 Å². The normalized spacial score (nSPS) is 11.3. The Morgan fingerprint density at radius 3 is 1.37 bits per heavy atom. The van der Waals surface area contributed by atoms with Gasteiger partial charge in [0.1, 0.15) is 0 Å². The lowest BCUT2D eigenvalue weighted by molar-refractivity contribution is -0.155. The molecular formula is C25H44O5. The zero-order chi connectivity index (χ0) is 22.8. The second-order valence-corrected chi connectivity index (χ2v) is 8.45. The number of hydrogen-bond donors (Lipinski definition) is 1. The summed E-state index contributed by atoms with van der Waals surface area (Å²) >= 11 is 0. The van der Waals surface area contributed by atoms with Crippen molar-refractivity contribution in [3.8, 4) is 0 Å². The third kappa shape index (κ3) is 12.1. The lowest BCUT2D eigenvalue weighted by Crippen LogP contribution is -2.46. The molecule has 0 heterocycles. The predicted octanol–water partition coefficient (Wildman–Crippen LogP) is 6.78. The smallest absolute Gasteiger partial charge is 0.370 e. The highest BCUT2D eigenvalue weighted by atomic mass is 16.5. The molecule has 0 aliphatic heterocycles. The number of carbonyl (C=O) groups excluding carboxylic acids is 2. The molecule has 0 aromatic heterocycles. The SMILES string of the molecule is C=C(OC(C)(C(=O)CCCCCCCCC)C(=O)CCCCCCCCC)C(=O)O. The predicted molar refractivity (Wildman–Crippen MR) is 121 cm³/mol. The number of ether oxygens (including phenoxy) is 1. The van der Waals surface area contributed by atoms with Crippen molar-refractivity contribution in [1.29, 1.82) is 0 Å². The summed E-state index contributed by atoms with van der Waals surface area (Å²) < 4.78 is 5.35. The van der Waals surface area contributed by atoms with E-state index in [0.29, 0.717) is 12.8 Å². The van der Waals surface area contributed by atoms with Crippen LogP contribution in [0.5, 0.6) is 0 Å². The number of unbranched alkanes of at least 4 members (excludes halogenated alkanes) is 12. The van der Waals surface area contributed by atoms with Crippen LogP contribution in [0, 0.1) is 0 Å². The van der Waals surface area contributed by atoms with E-state index in [1.54, 1.807) is 0 Å². The minimum Gasteiger partial charge on any atom is -0.475 e. The van der Waals surface area contributed by atoms with E-state index in [1.165, 1.54) is 45.4 Å². The molecule has 0 aromatic carbocycles. The van der Waals surface area contributed by atoms with Crippen LogP contribution in [0.3, 0.4) is 0 Å². The van der Waals surface area contributed by atoms with Crippen molar-refractivity contribution in [1.82, 2.24) is 0 Å². The molecule has 0 unspecified atom stereocenters. The Morgan fingerprint density at radius 2 is 1.03 bits per heavy atom. The number of carboxylic acid groups (broad SMARTS) is 1. The second-order valence-electron chi connectivity index (χ2n) is 8.45. The molecular weight excluding hydrogens is 380 g/mol. The Balaban J connectivity index is 4.62. The first-order valence-corrected chi connectivity index (χ1v) is 12.0. The first-order valence-electron chi connectivity index (χ1n) is 12.0. The average Bonchev–Trinajstić information content (AvgIpc) is 2.71. The third-order valence-corrected chi connectivity index (χ3v) is 5.64. The Bertz CT molecular complexity index is 494. The van der Waals surface area contributed by atoms with Crippen LogP contribution in [-0.2, 0) is 19.1 Å². The number of carboxylic acids is 1. The molecule has 0 saturated carbocycles. The second kappa shape index (κ2) is 17.1. The van der Waals surface area contributed by atoms with Gasteiger partial charge in [-0.25, -0.2) is 4.79 Å². The summed E-state index contributed by atoms with van der Waals surface area (Å²) in [4.78, 5) is 36.8. The third-order valence-electron chi connectivity index (χ3n) is 5.64. The summed E-state index contributed by atoms with van der Waals surface area (Å²) in [5, 5.41) is 9.10. The molecule has 0 atom stereocenters. The Labute approximate surface area is 183 Å². The zero-order valence-electron chi connectivity index (χ0n) is 19.6. The first-order chi connectivity index (χ1) is 14.3. The minimum atomic E-state index is -1.75. The molecule has 0 aromatic rings. The fourth-order valence-electron chi connectivity index (χ4n) is 3.52. The number of Topliss-reactive ketones (excluding diaryl/α,β-unsaturated/α-hetero) is 2. The fourth-order valence-corrected chi connectivity index (χ4v) is 3.52. The van der Waals surface area contributed by atoms with Crippen LogP contribution < -0.4 is 0 Å². The van der Waals surface area contributed by atoms with E-state index in [-0.39, 0.29) is 24.4 Å². The van der Waals surface area contributed by atoms with E-state index in [9.17, 15) is 14.4 Å². The maximum atomic E-state index is 12.8. The molecule has 0 aliphatic carbocycles. The zero-order valence-corrected chi connectivity index (χ0v) is 19.6. The number of ketones is 2. The molecule has 1 N–H and O–H groups in total. The van der Waals surface area contributed by atoms with Gasteiger partial charge in [-0.15, -0.1) is 0 Å². The standard InChI is InChI=1S/C25H44O5/c1-5-7-9-11-13-15-17-19-22(26)25(4,30-21(3)24(28)29)23(27)20-18-16-14-12-10-8-6-2/h3,5-20H2,1-2,4H3,(H,28,29). The maximum Gasteiger partial charge on any atom is 0.370 e. The quantitative estimate of drug-likeness (QED) is 0.0950. The van der Waals surface area contributed by atoms with E-state index in [0.717, 1.165) is 38.5 Å². The van der Waals surface area contributed by atoms with Crippen molar-refractivity contribution in [2.24, 2.45) is 0 Å². The lowest BCUT2D eigenvalue weighted by atomic mass is 9.88. The van der Waals surface area contributed by atoms with Gasteiger partial charge in [-0.3, -0.25) is 9.59 Å². The molecule has 0 radical (unpaired) electrons. The molecule has 0 fully saturated rings. The topological polar surface area (TPSA) is 80.7 Å². The van der Waals surface area contributed by atoms with Crippen molar-refractivity contribution >= 4 is 17.5 Å². The number of hydrogen-bond acceptors (Lipinski definition) is 4. The number of aliphatic carboxylic acids is 1. The number of carbonyl (C=O) groups is 3. The molecule has 0 saturated heterocycles. The van der Waals surface area contributed by atoms with Gasteiger partial charge >= 0.3 is 5.97 Å². The summed E-state index contributed by atoms with van der Waals surface area (Å²) in [6, 6.07) is 0. The fraction of sp³-hybridized carbons (Fsp3) is 0.800. The molecule has 30 heavy (non-hydrogen) atoms. The van der Waals surface area contributed by atoms with Crippen molar-refractivity contribution in [3.63, 3.8) is 0 Å². The molecule has 0 bridgehead atoms. The van der Waals surface area contributed by atoms with E-state index < -0.39 is 17.3 Å². The van der Waals surface area contributed by atoms with Crippen LogP contribution in [0.25, 0.3) is 0 Å². The Kier molecular flexibility index (Phi) is 16.1. The van der Waals surface area contributed by atoms with Gasteiger partial charge in [0.2, 0.25) is 5.60 Å². The Morgan fingerprint density at radius 1 is 0.700 bits per heavy atom. The first kappa shape index (κ1) is 28.4. The largest absolute Gasteiger partial charge is 0.475 e. The molecule has 0 aliphatic rings. The van der Waals surface area contributed by atoms with E-state index in [2.05, 4.69) is 20.4 Å². The summed E-state index contributed by atoms with van der Waals surface area (Å²) in [5.41, 5.74) is -1.75. The lowest BCUT2D eigenvalue weighted by Gasteiger charge is -2.28. The van der Waals surface area contributed by atoms with Crippen LogP contribution in [0.4, 0.5) is 0 Å². The van der Waals surface area contributed by atoms with Crippen LogP contribution in [0.2, 0.25) is 0 Å². The average molecular weight is 425 g/mol. The maximum absolute atomic E-state index is 12.8. The highest BCUT2D eigenvalue weighted by molar-refractivity contribution is 6.10. The Hall–Kier alpha value is -1.65. The highest BCUT2D eigenvalue weighted by Crippen LogP contribution is 2.24. The van der Waals surface area contributed by atoms with Gasteiger partial charge in [-0.1, -0.05) is 90.9 Å². The molecule has 5 nitrogen and oxygen atoms in total. The van der Waals surface area contributed by atoms with Gasteiger partial charge in [0.15, 0.2) is 17.3 Å². The molecule has 0 spiro atoms. The van der Waals surface area contributed by atoms with Gasteiger partial charge in [0, 0.05) is 12.8 Å². The van der Waals surface area contributed by atoms with Crippen LogP contribution in [0.15, 0.2) is 12.3 Å². The summed E-state index contributed by atoms with van der Waals surface area (Å²) in [6.07, 6.45) is 15.4. The van der Waals surface area contributed by atoms with Gasteiger partial charge in [-0.2, -0.15) is 0 Å². The van der Waals surface area contributed by atoms with Crippen LogP contribution in [-0.4, -0.2) is 28.2 Å². The van der Waals surface area contributed by atoms with Crippen molar-refractivity contribution in [2.45, 2.75) is 129 Å². The monoisotopic (exact) mass is 424 g/mol. The van der Waals surface area contributed by atoms with E-state index in [4.69, 9.17) is 9.84 Å². The summed E-state index contributed by atoms with van der Waals surface area (Å²) in [7, 11) is 0. The molecule has 0 rings (SSSR count). The van der Waals surface area contributed by atoms with Gasteiger partial charge in [0.05, 0.1) is 0 Å². The van der Waals surface area contributed by atoms with Crippen LogP contribution >= 0.6 is 0 Å². The van der Waals surface area contributed by atoms with E-state index in [1.807, 2.05) is 0 Å². The summed E-state index contributed by atoms with van der Waals surface area (Å²) in [6.45, 7) is 9.11. The van der Waals surface area contributed by atoms with Crippen molar-refractivity contribution in [2.75, 3.05) is 0 Å². The molecule has 0 amide bonds. The minimum absolute atomic E-state index is 0.222. The van der Waals surface area contributed by atoms with Crippen molar-refractivity contribution in [3.05, 3.63) is 12.3 Å². The highest BCUT2D eigenvalue weighted by Gasteiger charge is 2.42. The van der Waals surface area contributed by atoms with Crippen LogP contribution in [0.1, 0.15) is 124 Å². The summed E-state index contributed by atoms with van der Waals surface area (Å²) in [5.74, 6) is -2.59. The van der Waals surface area contributed by atoms with Gasteiger partial charge < -0.3 is 9.84 Å². The van der Waals surface area contributed by atoms with Crippen molar-refractivity contribution < 1.29 is 24.2 Å². The number of rotatable bonds is 21.